The van der Waals surface area contributed by atoms with Crippen LogP contribution in [0.2, 0.25) is 0 Å². The zero-order chi connectivity index (χ0) is 17.6. The van der Waals surface area contributed by atoms with Crippen molar-refractivity contribution in [1.82, 2.24) is 4.98 Å². The topological polar surface area (TPSA) is 76.3 Å². The number of hydrogen-bond donors (Lipinski definition) is 1. The molecule has 0 unspecified atom stereocenters. The van der Waals surface area contributed by atoms with Gasteiger partial charge in [0.2, 0.25) is 0 Å². The van der Waals surface area contributed by atoms with Gasteiger partial charge in [0.25, 0.3) is 0 Å². The number of fused-ring (bicyclic) bond motifs is 2. The van der Waals surface area contributed by atoms with Crippen LogP contribution in [0.15, 0.2) is 65.7 Å². The summed E-state index contributed by atoms with van der Waals surface area (Å²) >= 11 is 4.57. The minimum atomic E-state index is -1.73. The van der Waals surface area contributed by atoms with Crippen molar-refractivity contribution in [2.45, 2.75) is 20.8 Å². The molecule has 0 bridgehead atoms. The summed E-state index contributed by atoms with van der Waals surface area (Å²) in [6.45, 7) is 0. The van der Waals surface area contributed by atoms with Gasteiger partial charge in [0.15, 0.2) is 6.10 Å². The van der Waals surface area contributed by atoms with E-state index in [9.17, 15) is 15.2 Å². The van der Waals surface area contributed by atoms with Crippen LogP contribution in [0.1, 0.15) is 22.5 Å². The predicted octanol–water partition coefficient (Wildman–Crippen LogP) is 4.48. The zero-order valence-corrected chi connectivity index (χ0v) is 15.3. The summed E-state index contributed by atoms with van der Waals surface area (Å²) < 4.78 is -1.73. The molecule has 1 N–H and O–H groups in total. The molecule has 3 atom stereocenters. The van der Waals surface area contributed by atoms with Crippen LogP contribution in [-0.4, -0.2) is 19.5 Å². The first-order valence-corrected chi connectivity index (χ1v) is 9.32. The molecule has 3 aromatic rings. The largest absolute Gasteiger partial charge is 0.380 e. The van der Waals surface area contributed by atoms with Gasteiger partial charge in [-0.25, -0.2) is 4.98 Å². The van der Waals surface area contributed by atoms with Gasteiger partial charge < -0.3 is 5.11 Å². The van der Waals surface area contributed by atoms with Crippen LogP contribution < -0.4 is 0 Å². The number of aliphatic hydroxyl groups is 1. The van der Waals surface area contributed by atoms with Gasteiger partial charge in [0.1, 0.15) is 10.3 Å². The zero-order valence-electron chi connectivity index (χ0n) is 12.9. The summed E-state index contributed by atoms with van der Waals surface area (Å²) in [6.07, 6.45) is -1.32. The molecule has 126 valence electrons. The van der Waals surface area contributed by atoms with E-state index in [-0.39, 0.29) is 0 Å². The third-order valence-electron chi connectivity index (χ3n) is 4.37. The highest BCUT2D eigenvalue weighted by molar-refractivity contribution is 9.10. The van der Waals surface area contributed by atoms with E-state index >= 15 is 0 Å². The van der Waals surface area contributed by atoms with E-state index in [0.717, 1.165) is 16.5 Å². The molecule has 0 saturated heterocycles. The summed E-state index contributed by atoms with van der Waals surface area (Å²) in [5.74, 6) is 0. The van der Waals surface area contributed by atoms with E-state index in [1.54, 1.807) is 6.07 Å². The lowest BCUT2D eigenvalue weighted by molar-refractivity contribution is -0.550. The van der Waals surface area contributed by atoms with Crippen molar-refractivity contribution < 1.29 is 10.0 Å². The van der Waals surface area contributed by atoms with Crippen molar-refractivity contribution >= 4 is 38.6 Å². The average molecular weight is 417 g/mol. The molecule has 2 heterocycles. The van der Waals surface area contributed by atoms with E-state index in [4.69, 9.17) is 0 Å². The summed E-state index contributed by atoms with van der Waals surface area (Å²) in [6, 6.07) is 18.5. The fourth-order valence-electron chi connectivity index (χ4n) is 3.09. The minimum Gasteiger partial charge on any atom is -0.380 e. The third-order valence-corrected chi connectivity index (χ3v) is 7.28. The van der Waals surface area contributed by atoms with Crippen LogP contribution in [0.3, 0.4) is 0 Å². The number of pyridine rings is 1. The predicted molar refractivity (Wildman–Crippen MR) is 100 cm³/mol. The van der Waals surface area contributed by atoms with Gasteiger partial charge in [-0.1, -0.05) is 60.3 Å². The maximum absolute atomic E-state index is 11.9. The fourth-order valence-corrected chi connectivity index (χ4v) is 5.23. The number of nitrogens with zero attached hydrogens (tertiary/aromatic N) is 2. The van der Waals surface area contributed by atoms with E-state index < -0.39 is 20.7 Å². The second-order valence-corrected chi connectivity index (χ2v) is 8.24. The second kappa shape index (κ2) is 6.09. The Labute approximate surface area is 156 Å². The highest BCUT2D eigenvalue weighted by Crippen LogP contribution is 2.58. The molecule has 2 aromatic carbocycles. The van der Waals surface area contributed by atoms with Crippen LogP contribution in [0.25, 0.3) is 10.9 Å². The van der Waals surface area contributed by atoms with Crippen molar-refractivity contribution in [1.29, 1.82) is 0 Å². The molecule has 0 spiro atoms. The van der Waals surface area contributed by atoms with Crippen molar-refractivity contribution in [3.63, 3.8) is 0 Å². The quantitative estimate of drug-likeness (QED) is 0.288. The maximum atomic E-state index is 11.9. The highest BCUT2D eigenvalue weighted by atomic mass is 79.9. The fraction of sp³-hybridized carbons (Fsp3) is 0.167. The lowest BCUT2D eigenvalue weighted by atomic mass is 9.95. The summed E-state index contributed by atoms with van der Waals surface area (Å²) in [7, 11) is 0. The smallest absolute Gasteiger partial charge is 0.320 e. The molecule has 0 saturated carbocycles. The first kappa shape index (κ1) is 16.5. The number of alkyl halides is 1. The van der Waals surface area contributed by atoms with Crippen molar-refractivity contribution in [2.24, 2.45) is 0 Å². The van der Waals surface area contributed by atoms with E-state index in [0.29, 0.717) is 10.6 Å². The number of hydrogen-bond acceptors (Lipinski definition) is 5. The molecule has 4 rings (SSSR count). The number of halogens is 1. The Morgan fingerprint density at radius 2 is 1.84 bits per heavy atom. The molecule has 25 heavy (non-hydrogen) atoms. The van der Waals surface area contributed by atoms with Gasteiger partial charge in [0, 0.05) is 31.8 Å². The van der Waals surface area contributed by atoms with Crippen molar-refractivity contribution in [2.75, 3.05) is 0 Å². The molecule has 5 nitrogen and oxygen atoms in total. The molecule has 0 fully saturated rings. The highest BCUT2D eigenvalue weighted by Gasteiger charge is 2.60. The van der Waals surface area contributed by atoms with Gasteiger partial charge in [-0.05, 0) is 17.7 Å². The SMILES string of the molecule is O=[N+]([O-])[C@@]1(Br)[C@H](O)c2cc3ccccc3nc2S[C@@H]1c1ccccc1. The van der Waals surface area contributed by atoms with E-state index in [1.165, 1.54) is 11.8 Å². The molecule has 0 radical (unpaired) electrons. The molecular weight excluding hydrogens is 404 g/mol. The van der Waals surface area contributed by atoms with E-state index in [2.05, 4.69) is 20.9 Å². The van der Waals surface area contributed by atoms with E-state index in [1.807, 2.05) is 54.6 Å². The lowest BCUT2D eigenvalue weighted by Gasteiger charge is -2.36. The van der Waals surface area contributed by atoms with Crippen LogP contribution in [-0.2, 0) is 0 Å². The summed E-state index contributed by atoms with van der Waals surface area (Å²) in [5.41, 5.74) is 2.04. The minimum absolute atomic E-state index is 0.444. The molecule has 7 heteroatoms. The lowest BCUT2D eigenvalue weighted by Crippen LogP contribution is -2.45. The van der Waals surface area contributed by atoms with Gasteiger partial charge in [-0.3, -0.25) is 10.1 Å². The molecular formula is C18H13BrN2O3S. The Morgan fingerprint density at radius 1 is 1.16 bits per heavy atom. The van der Waals surface area contributed by atoms with Crippen molar-refractivity contribution in [3.8, 4) is 0 Å². The monoisotopic (exact) mass is 416 g/mol. The standard InChI is InChI=1S/C18H13BrN2O3S/c19-18(21(23)24)15(22)13-10-12-8-4-5-9-14(12)20-17(13)25-16(18)11-6-2-1-3-7-11/h1-10,15-16,22H/t15-,16-,18+/m1/s1. The molecule has 1 aliphatic heterocycles. The molecule has 1 aromatic heterocycles. The van der Waals surface area contributed by atoms with Crippen LogP contribution in [0.5, 0.6) is 0 Å². The van der Waals surface area contributed by atoms with Crippen LogP contribution >= 0.6 is 27.7 Å². The number of rotatable bonds is 2. The number of aromatic nitrogens is 1. The van der Waals surface area contributed by atoms with Crippen LogP contribution in [0.4, 0.5) is 0 Å². The molecule has 0 aliphatic carbocycles. The normalized spacial score (nSPS) is 25.5. The third kappa shape index (κ3) is 2.54. The maximum Gasteiger partial charge on any atom is 0.320 e. The Balaban J connectivity index is 1.93. The molecule has 0 amide bonds. The first-order chi connectivity index (χ1) is 12.0. The second-order valence-electron chi connectivity index (χ2n) is 5.87. The number of aliphatic hydroxyl groups excluding tert-OH is 1. The van der Waals surface area contributed by atoms with Gasteiger partial charge >= 0.3 is 4.45 Å². The Morgan fingerprint density at radius 3 is 2.56 bits per heavy atom. The van der Waals surface area contributed by atoms with Crippen molar-refractivity contribution in [3.05, 3.63) is 81.9 Å². The molecule has 1 aliphatic rings. The number of para-hydroxylation sites is 1. The summed E-state index contributed by atoms with van der Waals surface area (Å²) in [4.78, 5) is 16.1. The van der Waals surface area contributed by atoms with Gasteiger partial charge in [0.05, 0.1) is 5.52 Å². The number of nitro groups is 1. The Bertz CT molecular complexity index is 969. The average Bonchev–Trinajstić information content (AvgIpc) is 2.64. The first-order valence-electron chi connectivity index (χ1n) is 7.64. The Kier molecular flexibility index (Phi) is 4.02. The van der Waals surface area contributed by atoms with Gasteiger partial charge in [-0.2, -0.15) is 0 Å². The Hall–Kier alpha value is -1.96. The number of benzene rings is 2. The number of thioether (sulfide) groups is 1. The summed E-state index contributed by atoms with van der Waals surface area (Å²) in [5, 5.41) is 23.7. The van der Waals surface area contributed by atoms with Gasteiger partial charge in [-0.15, -0.1) is 0 Å². The van der Waals surface area contributed by atoms with Crippen LogP contribution in [0, 0.1) is 10.1 Å².